The summed E-state index contributed by atoms with van der Waals surface area (Å²) >= 11 is 1.55. The molecule has 1 heterocycles. The molecule has 92 valence electrons. The number of amides is 1. The summed E-state index contributed by atoms with van der Waals surface area (Å²) in [4.78, 5) is 13.3. The minimum Gasteiger partial charge on any atom is -0.372 e. The maximum Gasteiger partial charge on any atom is 0.246 e. The average molecular weight is 252 g/mol. The summed E-state index contributed by atoms with van der Waals surface area (Å²) in [6.07, 6.45) is 0. The van der Waals surface area contributed by atoms with Gasteiger partial charge in [0.1, 0.15) is 6.61 Å². The average Bonchev–Trinajstić information content (AvgIpc) is 2.79. The molecule has 5 heteroatoms. The number of rotatable bonds is 5. The number of nitrogens with two attached hydrogens (primary N) is 1. The predicted octanol–water partition coefficient (Wildman–Crippen LogP) is 0.711. The standard InChI is InChI=1S/C12H16N2O2S/c1-2-16-9-12(15)14-8-11-6-5-10(17-11)4-3-7-13/h5-6H,2,7-9,13H2,1H3,(H,14,15). The van der Waals surface area contributed by atoms with Crippen LogP contribution in [0.4, 0.5) is 0 Å². The lowest BCUT2D eigenvalue weighted by Gasteiger charge is -2.02. The van der Waals surface area contributed by atoms with E-state index in [1.807, 2.05) is 19.1 Å². The maximum atomic E-state index is 11.3. The smallest absolute Gasteiger partial charge is 0.246 e. The van der Waals surface area contributed by atoms with Gasteiger partial charge in [-0.05, 0) is 19.1 Å². The van der Waals surface area contributed by atoms with E-state index in [0.29, 0.717) is 19.7 Å². The van der Waals surface area contributed by atoms with E-state index < -0.39 is 0 Å². The Morgan fingerprint density at radius 2 is 2.41 bits per heavy atom. The molecule has 1 aromatic heterocycles. The van der Waals surface area contributed by atoms with Crippen molar-refractivity contribution in [1.29, 1.82) is 0 Å². The van der Waals surface area contributed by atoms with Gasteiger partial charge in [-0.15, -0.1) is 11.3 Å². The highest BCUT2D eigenvalue weighted by molar-refractivity contribution is 7.12. The van der Waals surface area contributed by atoms with Crippen molar-refractivity contribution in [2.75, 3.05) is 19.8 Å². The summed E-state index contributed by atoms with van der Waals surface area (Å²) in [6.45, 7) is 3.39. The topological polar surface area (TPSA) is 64.3 Å². The molecule has 0 atom stereocenters. The van der Waals surface area contributed by atoms with Crippen molar-refractivity contribution < 1.29 is 9.53 Å². The van der Waals surface area contributed by atoms with Crippen LogP contribution in [0.3, 0.4) is 0 Å². The number of carbonyl (C=O) groups is 1. The van der Waals surface area contributed by atoms with Crippen molar-refractivity contribution in [1.82, 2.24) is 5.32 Å². The first-order valence-corrected chi connectivity index (χ1v) is 6.20. The van der Waals surface area contributed by atoms with Gasteiger partial charge in [0.05, 0.1) is 18.0 Å². The first kappa shape index (κ1) is 13.7. The van der Waals surface area contributed by atoms with Crippen LogP contribution in [-0.4, -0.2) is 25.7 Å². The number of carbonyl (C=O) groups excluding carboxylic acids is 1. The number of ether oxygens (including phenoxy) is 1. The van der Waals surface area contributed by atoms with Crippen LogP contribution in [0, 0.1) is 11.8 Å². The van der Waals surface area contributed by atoms with Crippen LogP contribution in [0.15, 0.2) is 12.1 Å². The van der Waals surface area contributed by atoms with Gasteiger partial charge in [0.2, 0.25) is 5.91 Å². The first-order valence-electron chi connectivity index (χ1n) is 5.38. The molecule has 17 heavy (non-hydrogen) atoms. The first-order chi connectivity index (χ1) is 8.26. The molecule has 1 aromatic rings. The van der Waals surface area contributed by atoms with E-state index in [4.69, 9.17) is 10.5 Å². The molecule has 0 radical (unpaired) electrons. The van der Waals surface area contributed by atoms with Crippen LogP contribution in [0.5, 0.6) is 0 Å². The summed E-state index contributed by atoms with van der Waals surface area (Å²) in [5, 5.41) is 2.78. The van der Waals surface area contributed by atoms with Gasteiger partial charge in [0.15, 0.2) is 0 Å². The number of nitrogens with one attached hydrogen (secondary N) is 1. The molecule has 3 N–H and O–H groups in total. The van der Waals surface area contributed by atoms with Crippen molar-refractivity contribution >= 4 is 17.2 Å². The van der Waals surface area contributed by atoms with Gasteiger partial charge in [0.25, 0.3) is 0 Å². The van der Waals surface area contributed by atoms with Gasteiger partial charge in [0, 0.05) is 11.5 Å². The minimum atomic E-state index is -0.102. The number of hydrogen-bond donors (Lipinski definition) is 2. The van der Waals surface area contributed by atoms with Gasteiger partial charge in [-0.25, -0.2) is 0 Å². The fraction of sp³-hybridized carbons (Fsp3) is 0.417. The number of hydrogen-bond acceptors (Lipinski definition) is 4. The van der Waals surface area contributed by atoms with Crippen LogP contribution >= 0.6 is 11.3 Å². The zero-order valence-corrected chi connectivity index (χ0v) is 10.6. The van der Waals surface area contributed by atoms with Crippen LogP contribution in [0.1, 0.15) is 16.7 Å². The molecule has 4 nitrogen and oxygen atoms in total. The molecule has 1 amide bonds. The van der Waals surface area contributed by atoms with Gasteiger partial charge < -0.3 is 15.8 Å². The van der Waals surface area contributed by atoms with E-state index >= 15 is 0 Å². The third-order valence-electron chi connectivity index (χ3n) is 1.87. The zero-order valence-electron chi connectivity index (χ0n) is 9.79. The summed E-state index contributed by atoms with van der Waals surface area (Å²) in [5.41, 5.74) is 5.29. The van der Waals surface area contributed by atoms with Crippen LogP contribution in [-0.2, 0) is 16.1 Å². The second-order valence-corrected chi connectivity index (χ2v) is 4.35. The predicted molar refractivity (Wildman–Crippen MR) is 68.6 cm³/mol. The molecule has 0 aliphatic heterocycles. The highest BCUT2D eigenvalue weighted by atomic mass is 32.1. The third kappa shape index (κ3) is 5.50. The summed E-state index contributed by atoms with van der Waals surface area (Å²) in [7, 11) is 0. The Bertz CT molecular complexity index is 418. The monoisotopic (exact) mass is 252 g/mol. The second kappa shape index (κ2) is 7.85. The molecule has 0 bridgehead atoms. The Hall–Kier alpha value is -1.35. The molecule has 0 saturated carbocycles. The molecule has 0 unspecified atom stereocenters. The molecule has 0 aromatic carbocycles. The molecular weight excluding hydrogens is 236 g/mol. The van der Waals surface area contributed by atoms with Gasteiger partial charge in [-0.1, -0.05) is 11.8 Å². The van der Waals surface area contributed by atoms with E-state index in [1.54, 1.807) is 11.3 Å². The SMILES string of the molecule is CCOCC(=O)NCc1ccc(C#CCN)s1. The van der Waals surface area contributed by atoms with E-state index in [1.165, 1.54) is 0 Å². The van der Waals surface area contributed by atoms with Crippen LogP contribution < -0.4 is 11.1 Å². The molecule has 0 spiro atoms. The zero-order chi connectivity index (χ0) is 12.5. The van der Waals surface area contributed by atoms with E-state index in [9.17, 15) is 4.79 Å². The molecule has 0 fully saturated rings. The largest absolute Gasteiger partial charge is 0.372 e. The Kier molecular flexibility index (Phi) is 6.33. The molecule has 0 aliphatic carbocycles. The maximum absolute atomic E-state index is 11.3. The summed E-state index contributed by atoms with van der Waals surface area (Å²) < 4.78 is 5.00. The van der Waals surface area contributed by atoms with Gasteiger partial charge in [-0.2, -0.15) is 0 Å². The lowest BCUT2D eigenvalue weighted by atomic mass is 10.4. The Labute approximate surface area is 105 Å². The lowest BCUT2D eigenvalue weighted by Crippen LogP contribution is -2.26. The number of thiophene rings is 1. The van der Waals surface area contributed by atoms with E-state index in [-0.39, 0.29) is 12.5 Å². The molecule has 0 aliphatic rings. The lowest BCUT2D eigenvalue weighted by molar-refractivity contribution is -0.125. The van der Waals surface area contributed by atoms with E-state index in [0.717, 1.165) is 9.75 Å². The second-order valence-electron chi connectivity index (χ2n) is 3.19. The molecule has 1 rings (SSSR count). The van der Waals surface area contributed by atoms with Crippen molar-refractivity contribution in [2.24, 2.45) is 5.73 Å². The Morgan fingerprint density at radius 3 is 3.12 bits per heavy atom. The Balaban J connectivity index is 2.36. The fourth-order valence-corrected chi connectivity index (χ4v) is 1.93. The van der Waals surface area contributed by atoms with Crippen LogP contribution in [0.2, 0.25) is 0 Å². The highest BCUT2D eigenvalue weighted by Crippen LogP contribution is 2.14. The minimum absolute atomic E-state index is 0.102. The summed E-state index contributed by atoms with van der Waals surface area (Å²) in [5.74, 6) is 5.64. The Morgan fingerprint density at radius 1 is 1.59 bits per heavy atom. The van der Waals surface area contributed by atoms with E-state index in [2.05, 4.69) is 17.2 Å². The summed E-state index contributed by atoms with van der Waals surface area (Å²) in [6, 6.07) is 3.88. The quantitative estimate of drug-likeness (QED) is 0.759. The van der Waals surface area contributed by atoms with Crippen molar-refractivity contribution in [2.45, 2.75) is 13.5 Å². The van der Waals surface area contributed by atoms with Gasteiger partial charge >= 0.3 is 0 Å². The van der Waals surface area contributed by atoms with Crippen molar-refractivity contribution in [3.63, 3.8) is 0 Å². The normalized spacial score (nSPS) is 9.53. The van der Waals surface area contributed by atoms with Crippen molar-refractivity contribution in [3.05, 3.63) is 21.9 Å². The molecule has 0 saturated heterocycles. The van der Waals surface area contributed by atoms with Gasteiger partial charge in [-0.3, -0.25) is 4.79 Å². The van der Waals surface area contributed by atoms with Crippen LogP contribution in [0.25, 0.3) is 0 Å². The van der Waals surface area contributed by atoms with Crippen molar-refractivity contribution in [3.8, 4) is 11.8 Å². The molecular formula is C12H16N2O2S. The third-order valence-corrected chi connectivity index (χ3v) is 2.87. The fourth-order valence-electron chi connectivity index (χ4n) is 1.11. The highest BCUT2D eigenvalue weighted by Gasteiger charge is 2.02.